The summed E-state index contributed by atoms with van der Waals surface area (Å²) in [7, 11) is 0. The van der Waals surface area contributed by atoms with Crippen molar-refractivity contribution in [3.63, 3.8) is 0 Å². The van der Waals surface area contributed by atoms with Gasteiger partial charge in [0, 0.05) is 17.4 Å². The Morgan fingerprint density at radius 1 is 1.35 bits per heavy atom. The number of nitrogens with one attached hydrogen (secondary N) is 1. The second-order valence-electron chi connectivity index (χ2n) is 3.85. The summed E-state index contributed by atoms with van der Waals surface area (Å²) in [5, 5.41) is 3.24. The summed E-state index contributed by atoms with van der Waals surface area (Å²) in [6.07, 6.45) is 2.84. The number of nitrogens with two attached hydrogens (primary N) is 1. The van der Waals surface area contributed by atoms with Gasteiger partial charge in [0.15, 0.2) is 11.5 Å². The molecule has 0 unspecified atom stereocenters. The van der Waals surface area contributed by atoms with Crippen molar-refractivity contribution in [1.29, 1.82) is 0 Å². The van der Waals surface area contributed by atoms with E-state index >= 15 is 0 Å². The normalized spacial score (nSPS) is 10.1. The van der Waals surface area contributed by atoms with Crippen molar-refractivity contribution in [2.24, 2.45) is 0 Å². The molecule has 1 aromatic heterocycles. The Bertz CT molecular complexity index is 606. The predicted molar refractivity (Wildman–Crippen MR) is 75.7 cm³/mol. The number of nitrogens with zero attached hydrogens (tertiary/aromatic N) is 2. The fourth-order valence-electron chi connectivity index (χ4n) is 1.50. The van der Waals surface area contributed by atoms with E-state index in [2.05, 4.69) is 15.3 Å². The molecule has 0 bridgehead atoms. The van der Waals surface area contributed by atoms with Gasteiger partial charge in [-0.3, -0.25) is 4.79 Å². The molecule has 7 heteroatoms. The van der Waals surface area contributed by atoms with E-state index in [-0.39, 0.29) is 17.4 Å². The van der Waals surface area contributed by atoms with E-state index in [1.54, 1.807) is 24.3 Å². The smallest absolute Gasteiger partial charge is 0.273 e. The van der Waals surface area contributed by atoms with Crippen LogP contribution in [0.1, 0.15) is 10.5 Å². The Balaban J connectivity index is 1.79. The van der Waals surface area contributed by atoms with Crippen molar-refractivity contribution in [3.8, 4) is 5.75 Å². The minimum Gasteiger partial charge on any atom is -0.492 e. The van der Waals surface area contributed by atoms with Crippen molar-refractivity contribution in [2.45, 2.75) is 0 Å². The molecular weight excluding hydrogens is 280 g/mol. The molecule has 0 aliphatic rings. The number of aromatic nitrogens is 2. The summed E-state index contributed by atoms with van der Waals surface area (Å²) in [5.74, 6) is 0.358. The molecule has 0 radical (unpaired) electrons. The number of carbonyl (C=O) groups excluding carboxylic acids is 1. The Kier molecular flexibility index (Phi) is 4.73. The summed E-state index contributed by atoms with van der Waals surface area (Å²) in [5.41, 5.74) is 5.66. The van der Waals surface area contributed by atoms with Gasteiger partial charge in [0.05, 0.1) is 6.54 Å². The molecule has 1 aromatic carbocycles. The molecule has 0 fully saturated rings. The predicted octanol–water partition coefficient (Wildman–Crippen LogP) is 1.52. The third-order valence-electron chi connectivity index (χ3n) is 2.39. The first-order valence-corrected chi connectivity index (χ1v) is 6.27. The van der Waals surface area contributed by atoms with Crippen LogP contribution >= 0.6 is 11.6 Å². The Morgan fingerprint density at radius 2 is 2.15 bits per heavy atom. The van der Waals surface area contributed by atoms with E-state index in [1.165, 1.54) is 12.4 Å². The summed E-state index contributed by atoms with van der Waals surface area (Å²) in [4.78, 5) is 19.4. The van der Waals surface area contributed by atoms with Crippen LogP contribution in [-0.4, -0.2) is 29.0 Å². The molecule has 0 saturated carbocycles. The van der Waals surface area contributed by atoms with Gasteiger partial charge < -0.3 is 15.8 Å². The number of anilines is 1. The summed E-state index contributed by atoms with van der Waals surface area (Å²) in [6, 6.07) is 7.03. The molecule has 0 saturated heterocycles. The van der Waals surface area contributed by atoms with Crippen LogP contribution in [0.15, 0.2) is 36.7 Å². The molecule has 0 aliphatic carbocycles. The number of rotatable bonds is 5. The van der Waals surface area contributed by atoms with Gasteiger partial charge in [-0.15, -0.1) is 0 Å². The zero-order chi connectivity index (χ0) is 14.4. The van der Waals surface area contributed by atoms with Crippen LogP contribution in [0.3, 0.4) is 0 Å². The lowest BCUT2D eigenvalue weighted by Gasteiger charge is -2.08. The summed E-state index contributed by atoms with van der Waals surface area (Å²) in [6.45, 7) is 0.633. The van der Waals surface area contributed by atoms with Crippen molar-refractivity contribution in [3.05, 3.63) is 47.4 Å². The summed E-state index contributed by atoms with van der Waals surface area (Å²) >= 11 is 5.83. The summed E-state index contributed by atoms with van der Waals surface area (Å²) < 4.78 is 5.44. The van der Waals surface area contributed by atoms with Gasteiger partial charge >= 0.3 is 0 Å². The largest absolute Gasteiger partial charge is 0.492 e. The van der Waals surface area contributed by atoms with Gasteiger partial charge in [-0.2, -0.15) is 0 Å². The molecule has 0 spiro atoms. The minimum absolute atomic E-state index is 0.0979. The molecule has 6 nitrogen and oxygen atoms in total. The van der Waals surface area contributed by atoms with Crippen LogP contribution in [0.25, 0.3) is 0 Å². The quantitative estimate of drug-likeness (QED) is 0.816. The first kappa shape index (κ1) is 14.1. The molecule has 0 atom stereocenters. The maximum Gasteiger partial charge on any atom is 0.273 e. The van der Waals surface area contributed by atoms with Gasteiger partial charge in [-0.25, -0.2) is 9.97 Å². The van der Waals surface area contributed by atoms with E-state index in [0.717, 1.165) is 0 Å². The zero-order valence-electron chi connectivity index (χ0n) is 10.5. The van der Waals surface area contributed by atoms with E-state index in [4.69, 9.17) is 22.1 Å². The molecular formula is C13H13ClN4O2. The van der Waals surface area contributed by atoms with Crippen LogP contribution in [0.2, 0.25) is 5.02 Å². The average molecular weight is 293 g/mol. The van der Waals surface area contributed by atoms with Crippen LogP contribution in [0.5, 0.6) is 5.75 Å². The number of hydrogen-bond acceptors (Lipinski definition) is 5. The molecule has 20 heavy (non-hydrogen) atoms. The van der Waals surface area contributed by atoms with Gasteiger partial charge in [0.25, 0.3) is 5.91 Å². The van der Waals surface area contributed by atoms with Crippen molar-refractivity contribution >= 4 is 23.3 Å². The average Bonchev–Trinajstić information content (AvgIpc) is 2.44. The highest BCUT2D eigenvalue weighted by Crippen LogP contribution is 2.16. The third kappa shape index (κ3) is 3.83. The second-order valence-corrected chi connectivity index (χ2v) is 4.29. The van der Waals surface area contributed by atoms with E-state index in [9.17, 15) is 4.79 Å². The van der Waals surface area contributed by atoms with Crippen LogP contribution in [-0.2, 0) is 0 Å². The number of ether oxygens (including phenoxy) is 1. The van der Waals surface area contributed by atoms with Gasteiger partial charge in [-0.1, -0.05) is 17.7 Å². The van der Waals surface area contributed by atoms with Crippen LogP contribution < -0.4 is 15.8 Å². The van der Waals surface area contributed by atoms with Crippen LogP contribution in [0.4, 0.5) is 5.82 Å². The number of benzene rings is 1. The number of halogens is 1. The third-order valence-corrected chi connectivity index (χ3v) is 2.63. The monoisotopic (exact) mass is 292 g/mol. The van der Waals surface area contributed by atoms with E-state index < -0.39 is 0 Å². The first-order valence-electron chi connectivity index (χ1n) is 5.90. The SMILES string of the molecule is Nc1nccnc1C(=O)NCCOc1cccc(Cl)c1. The number of nitrogen functional groups attached to an aromatic ring is 1. The van der Waals surface area contributed by atoms with Gasteiger partial charge in [-0.05, 0) is 18.2 Å². The number of carbonyl (C=O) groups is 1. The Labute approximate surface area is 120 Å². The highest BCUT2D eigenvalue weighted by molar-refractivity contribution is 6.30. The Morgan fingerprint density at radius 3 is 2.90 bits per heavy atom. The number of hydrogen-bond donors (Lipinski definition) is 2. The van der Waals surface area contributed by atoms with E-state index in [0.29, 0.717) is 23.9 Å². The molecule has 0 aliphatic heterocycles. The molecule has 2 aromatic rings. The molecule has 2 rings (SSSR count). The lowest BCUT2D eigenvalue weighted by Crippen LogP contribution is -2.29. The van der Waals surface area contributed by atoms with Crippen molar-refractivity contribution in [2.75, 3.05) is 18.9 Å². The maximum atomic E-state index is 11.8. The van der Waals surface area contributed by atoms with Crippen molar-refractivity contribution in [1.82, 2.24) is 15.3 Å². The minimum atomic E-state index is -0.384. The topological polar surface area (TPSA) is 90.1 Å². The van der Waals surface area contributed by atoms with Crippen molar-refractivity contribution < 1.29 is 9.53 Å². The number of amides is 1. The lowest BCUT2D eigenvalue weighted by atomic mass is 10.3. The maximum absolute atomic E-state index is 11.8. The van der Waals surface area contributed by atoms with Crippen LogP contribution in [0, 0.1) is 0 Å². The molecule has 3 N–H and O–H groups in total. The highest BCUT2D eigenvalue weighted by Gasteiger charge is 2.10. The molecule has 1 amide bonds. The lowest BCUT2D eigenvalue weighted by molar-refractivity contribution is 0.0942. The molecule has 1 heterocycles. The highest BCUT2D eigenvalue weighted by atomic mass is 35.5. The fourth-order valence-corrected chi connectivity index (χ4v) is 1.68. The standard InChI is InChI=1S/C13H13ClN4O2/c14-9-2-1-3-10(8-9)20-7-6-18-13(19)11-12(15)17-5-4-16-11/h1-5,8H,6-7H2,(H2,15,17)(H,18,19). The fraction of sp³-hybridized carbons (Fsp3) is 0.154. The second kappa shape index (κ2) is 6.72. The van der Waals surface area contributed by atoms with Gasteiger partial charge in [0.2, 0.25) is 0 Å². The Hall–Kier alpha value is -2.34. The molecule has 104 valence electrons. The zero-order valence-corrected chi connectivity index (χ0v) is 11.3. The van der Waals surface area contributed by atoms with Gasteiger partial charge in [0.1, 0.15) is 12.4 Å². The first-order chi connectivity index (χ1) is 9.66. The van der Waals surface area contributed by atoms with E-state index in [1.807, 2.05) is 0 Å².